The lowest BCUT2D eigenvalue weighted by molar-refractivity contribution is -0.144. The van der Waals surface area contributed by atoms with Gasteiger partial charge >= 0.3 is 5.97 Å². The molecular formula is C14H19BrFNO2. The maximum atomic E-state index is 13.7. The standard InChI is InChI=1S/C14H19BrFNO2/c1-3-7-17(10-14(18)19-4-2)9-11-8-12(15)5-6-13(11)16/h5-6,8H,3-4,7,9-10H2,1-2H3. The highest BCUT2D eigenvalue weighted by Crippen LogP contribution is 2.17. The van der Waals surface area contributed by atoms with Crippen LogP contribution >= 0.6 is 15.9 Å². The molecule has 0 atom stereocenters. The van der Waals surface area contributed by atoms with Gasteiger partial charge in [0.15, 0.2) is 0 Å². The predicted octanol–water partition coefficient (Wildman–Crippen LogP) is 3.36. The highest BCUT2D eigenvalue weighted by Gasteiger charge is 2.13. The van der Waals surface area contributed by atoms with E-state index >= 15 is 0 Å². The van der Waals surface area contributed by atoms with Crippen LogP contribution in [0.1, 0.15) is 25.8 Å². The molecule has 0 saturated heterocycles. The molecule has 106 valence electrons. The molecule has 1 aromatic rings. The molecule has 0 aliphatic rings. The molecular weight excluding hydrogens is 313 g/mol. The Hall–Kier alpha value is -0.940. The van der Waals surface area contributed by atoms with Crippen molar-refractivity contribution < 1.29 is 13.9 Å². The van der Waals surface area contributed by atoms with Gasteiger partial charge in [-0.05, 0) is 38.1 Å². The van der Waals surface area contributed by atoms with Crippen LogP contribution in [-0.4, -0.2) is 30.6 Å². The Bertz CT molecular complexity index is 426. The number of ether oxygens (including phenoxy) is 1. The SMILES string of the molecule is CCCN(CC(=O)OCC)Cc1cc(Br)ccc1F. The van der Waals surface area contributed by atoms with Crippen LogP contribution in [0.3, 0.4) is 0 Å². The molecule has 1 rings (SSSR count). The quantitative estimate of drug-likeness (QED) is 0.717. The summed E-state index contributed by atoms with van der Waals surface area (Å²) in [6, 6.07) is 4.82. The molecule has 0 heterocycles. The van der Waals surface area contributed by atoms with Crippen LogP contribution in [0.2, 0.25) is 0 Å². The number of hydrogen-bond acceptors (Lipinski definition) is 3. The number of carbonyl (C=O) groups is 1. The summed E-state index contributed by atoms with van der Waals surface area (Å²) in [6.45, 7) is 5.48. The van der Waals surface area contributed by atoms with Crippen molar-refractivity contribution in [2.75, 3.05) is 19.7 Å². The molecule has 0 amide bonds. The molecule has 1 aromatic carbocycles. The first kappa shape index (κ1) is 16.1. The van der Waals surface area contributed by atoms with Crippen molar-refractivity contribution in [3.8, 4) is 0 Å². The molecule has 3 nitrogen and oxygen atoms in total. The van der Waals surface area contributed by atoms with Gasteiger partial charge in [-0.25, -0.2) is 4.39 Å². The number of halogens is 2. The van der Waals surface area contributed by atoms with Gasteiger partial charge in [0.25, 0.3) is 0 Å². The van der Waals surface area contributed by atoms with Crippen LogP contribution in [0.25, 0.3) is 0 Å². The van der Waals surface area contributed by atoms with E-state index in [2.05, 4.69) is 15.9 Å². The van der Waals surface area contributed by atoms with Crippen LogP contribution in [-0.2, 0) is 16.1 Å². The van der Waals surface area contributed by atoms with Crippen LogP contribution in [0.15, 0.2) is 22.7 Å². The van der Waals surface area contributed by atoms with E-state index in [1.54, 1.807) is 19.1 Å². The van der Waals surface area contributed by atoms with Crippen LogP contribution < -0.4 is 0 Å². The third-order valence-corrected chi connectivity index (χ3v) is 3.09. The molecule has 0 spiro atoms. The van der Waals surface area contributed by atoms with Crippen molar-refractivity contribution in [1.82, 2.24) is 4.90 Å². The fourth-order valence-electron chi connectivity index (χ4n) is 1.82. The zero-order chi connectivity index (χ0) is 14.3. The van der Waals surface area contributed by atoms with E-state index in [1.807, 2.05) is 11.8 Å². The maximum absolute atomic E-state index is 13.7. The Morgan fingerprint density at radius 3 is 2.79 bits per heavy atom. The summed E-state index contributed by atoms with van der Waals surface area (Å²) in [5.41, 5.74) is 0.576. The fraction of sp³-hybridized carbons (Fsp3) is 0.500. The van der Waals surface area contributed by atoms with E-state index in [9.17, 15) is 9.18 Å². The van der Waals surface area contributed by atoms with Gasteiger partial charge in [-0.15, -0.1) is 0 Å². The van der Waals surface area contributed by atoms with Crippen molar-refractivity contribution >= 4 is 21.9 Å². The molecule has 0 aliphatic carbocycles. The van der Waals surface area contributed by atoms with Gasteiger partial charge in [0.1, 0.15) is 5.82 Å². The average Bonchev–Trinajstić information content (AvgIpc) is 2.34. The molecule has 0 N–H and O–H groups in total. The lowest BCUT2D eigenvalue weighted by atomic mass is 10.2. The second kappa shape index (κ2) is 8.27. The Balaban J connectivity index is 2.71. The Kier molecular flexibility index (Phi) is 7.02. The summed E-state index contributed by atoms with van der Waals surface area (Å²) in [5, 5.41) is 0. The predicted molar refractivity (Wildman–Crippen MR) is 76.3 cm³/mol. The number of esters is 1. The third-order valence-electron chi connectivity index (χ3n) is 2.60. The number of carbonyl (C=O) groups excluding carboxylic acids is 1. The Morgan fingerprint density at radius 1 is 1.42 bits per heavy atom. The average molecular weight is 332 g/mol. The van der Waals surface area contributed by atoms with Crippen molar-refractivity contribution in [3.63, 3.8) is 0 Å². The van der Waals surface area contributed by atoms with Gasteiger partial charge in [0.05, 0.1) is 13.2 Å². The Labute approximate surface area is 121 Å². The van der Waals surface area contributed by atoms with Crippen molar-refractivity contribution in [1.29, 1.82) is 0 Å². The lowest BCUT2D eigenvalue weighted by Crippen LogP contribution is -2.31. The number of benzene rings is 1. The smallest absolute Gasteiger partial charge is 0.320 e. The third kappa shape index (κ3) is 5.70. The molecule has 0 fully saturated rings. The van der Waals surface area contributed by atoms with Crippen molar-refractivity contribution in [3.05, 3.63) is 34.1 Å². The van der Waals surface area contributed by atoms with E-state index in [4.69, 9.17) is 4.74 Å². The Morgan fingerprint density at radius 2 is 2.16 bits per heavy atom. The molecule has 0 aliphatic heterocycles. The summed E-state index contributed by atoms with van der Waals surface area (Å²) in [4.78, 5) is 13.4. The monoisotopic (exact) mass is 331 g/mol. The van der Waals surface area contributed by atoms with E-state index < -0.39 is 0 Å². The molecule has 0 bridgehead atoms. The fourth-order valence-corrected chi connectivity index (χ4v) is 2.23. The van der Waals surface area contributed by atoms with Crippen LogP contribution in [0.5, 0.6) is 0 Å². The van der Waals surface area contributed by atoms with E-state index in [0.29, 0.717) is 18.7 Å². The topological polar surface area (TPSA) is 29.5 Å². The molecule has 0 radical (unpaired) electrons. The summed E-state index contributed by atoms with van der Waals surface area (Å²) in [7, 11) is 0. The van der Waals surface area contributed by atoms with E-state index in [1.165, 1.54) is 6.07 Å². The molecule has 0 aromatic heterocycles. The van der Waals surface area contributed by atoms with Gasteiger partial charge in [0.2, 0.25) is 0 Å². The first-order chi connectivity index (χ1) is 9.06. The second-order valence-corrected chi connectivity index (χ2v) is 5.17. The lowest BCUT2D eigenvalue weighted by Gasteiger charge is -2.21. The van der Waals surface area contributed by atoms with E-state index in [0.717, 1.165) is 17.4 Å². The molecule has 0 unspecified atom stereocenters. The highest BCUT2D eigenvalue weighted by atomic mass is 79.9. The molecule has 0 saturated carbocycles. The maximum Gasteiger partial charge on any atom is 0.320 e. The summed E-state index contributed by atoms with van der Waals surface area (Å²) >= 11 is 3.32. The molecule has 5 heteroatoms. The molecule has 19 heavy (non-hydrogen) atoms. The van der Waals surface area contributed by atoms with Crippen LogP contribution in [0.4, 0.5) is 4.39 Å². The summed E-state index contributed by atoms with van der Waals surface area (Å²) in [6.07, 6.45) is 0.898. The minimum absolute atomic E-state index is 0.188. The first-order valence-electron chi connectivity index (χ1n) is 6.38. The van der Waals surface area contributed by atoms with Gasteiger partial charge in [-0.1, -0.05) is 22.9 Å². The zero-order valence-corrected chi connectivity index (χ0v) is 12.9. The number of nitrogens with zero attached hydrogens (tertiary/aromatic N) is 1. The van der Waals surface area contributed by atoms with Gasteiger partial charge in [-0.2, -0.15) is 0 Å². The minimum atomic E-state index is -0.272. The number of rotatable bonds is 7. The van der Waals surface area contributed by atoms with Gasteiger partial charge in [-0.3, -0.25) is 9.69 Å². The minimum Gasteiger partial charge on any atom is -0.465 e. The van der Waals surface area contributed by atoms with Crippen molar-refractivity contribution in [2.24, 2.45) is 0 Å². The summed E-state index contributed by atoms with van der Waals surface area (Å²) in [5.74, 6) is -0.528. The normalized spacial score (nSPS) is 10.8. The van der Waals surface area contributed by atoms with Crippen molar-refractivity contribution in [2.45, 2.75) is 26.8 Å². The first-order valence-corrected chi connectivity index (χ1v) is 7.18. The van der Waals surface area contributed by atoms with Gasteiger partial charge in [0, 0.05) is 16.6 Å². The second-order valence-electron chi connectivity index (χ2n) is 4.25. The largest absolute Gasteiger partial charge is 0.465 e. The number of hydrogen-bond donors (Lipinski definition) is 0. The summed E-state index contributed by atoms with van der Waals surface area (Å²) < 4.78 is 19.4. The van der Waals surface area contributed by atoms with Crippen LogP contribution in [0, 0.1) is 5.82 Å². The van der Waals surface area contributed by atoms with Gasteiger partial charge < -0.3 is 4.74 Å². The van der Waals surface area contributed by atoms with E-state index in [-0.39, 0.29) is 18.3 Å². The zero-order valence-electron chi connectivity index (χ0n) is 11.3. The highest BCUT2D eigenvalue weighted by molar-refractivity contribution is 9.10.